The Bertz CT molecular complexity index is 483. The fourth-order valence-electron chi connectivity index (χ4n) is 2.80. The summed E-state index contributed by atoms with van der Waals surface area (Å²) in [6.45, 7) is 9.96. The number of ether oxygens (including phenoxy) is 1. The summed E-state index contributed by atoms with van der Waals surface area (Å²) in [5, 5.41) is 0. The number of hydrogen-bond acceptors (Lipinski definition) is 4. The van der Waals surface area contributed by atoms with Crippen molar-refractivity contribution in [1.29, 1.82) is 0 Å². The zero-order valence-electron chi connectivity index (χ0n) is 11.9. The third-order valence-electron chi connectivity index (χ3n) is 3.06. The first-order chi connectivity index (χ1) is 8.70. The Morgan fingerprint density at radius 2 is 1.89 bits per heavy atom. The minimum absolute atomic E-state index is 0.217. The SMILES string of the molecule is CC1(C)CN(c2cccnc2C(N)=S)CC(C)(C)O1. The highest BCUT2D eigenvalue weighted by Gasteiger charge is 2.38. The Morgan fingerprint density at radius 3 is 2.42 bits per heavy atom. The fraction of sp³-hybridized carbons (Fsp3) is 0.571. The number of anilines is 1. The van der Waals surface area contributed by atoms with Crippen LogP contribution in [-0.4, -0.2) is 34.3 Å². The topological polar surface area (TPSA) is 51.4 Å². The number of thiocarbonyl (C=S) groups is 1. The maximum Gasteiger partial charge on any atom is 0.124 e. The maximum atomic E-state index is 6.09. The monoisotopic (exact) mass is 279 g/mol. The molecule has 0 unspecified atom stereocenters. The van der Waals surface area contributed by atoms with Gasteiger partial charge in [0, 0.05) is 19.3 Å². The van der Waals surface area contributed by atoms with Gasteiger partial charge in [0.25, 0.3) is 0 Å². The van der Waals surface area contributed by atoms with E-state index in [0.717, 1.165) is 18.8 Å². The van der Waals surface area contributed by atoms with E-state index in [2.05, 4.69) is 37.6 Å². The van der Waals surface area contributed by atoms with Gasteiger partial charge in [-0.1, -0.05) is 12.2 Å². The second kappa shape index (κ2) is 4.72. The van der Waals surface area contributed by atoms with Gasteiger partial charge in [0.05, 0.1) is 16.9 Å². The van der Waals surface area contributed by atoms with Gasteiger partial charge in [-0.3, -0.25) is 4.98 Å². The lowest BCUT2D eigenvalue weighted by Gasteiger charge is -2.48. The lowest BCUT2D eigenvalue weighted by Crippen LogP contribution is -2.57. The van der Waals surface area contributed by atoms with Gasteiger partial charge in [0.15, 0.2) is 0 Å². The molecule has 2 rings (SSSR count). The molecule has 104 valence electrons. The van der Waals surface area contributed by atoms with Crippen LogP contribution in [0, 0.1) is 0 Å². The molecule has 19 heavy (non-hydrogen) atoms. The van der Waals surface area contributed by atoms with Gasteiger partial charge in [-0.05, 0) is 39.8 Å². The molecular weight excluding hydrogens is 258 g/mol. The summed E-state index contributed by atoms with van der Waals surface area (Å²) in [5.74, 6) is 0. The van der Waals surface area contributed by atoms with Gasteiger partial charge >= 0.3 is 0 Å². The molecule has 0 aromatic carbocycles. The molecule has 5 heteroatoms. The Kier molecular flexibility index (Phi) is 3.53. The van der Waals surface area contributed by atoms with E-state index in [1.807, 2.05) is 12.1 Å². The molecule has 0 radical (unpaired) electrons. The summed E-state index contributed by atoms with van der Waals surface area (Å²) in [5.41, 5.74) is 7.00. The van der Waals surface area contributed by atoms with Crippen LogP contribution >= 0.6 is 12.2 Å². The van der Waals surface area contributed by atoms with Crippen molar-refractivity contribution in [1.82, 2.24) is 4.98 Å². The van der Waals surface area contributed by atoms with Crippen molar-refractivity contribution in [3.8, 4) is 0 Å². The van der Waals surface area contributed by atoms with Crippen LogP contribution < -0.4 is 10.6 Å². The van der Waals surface area contributed by atoms with E-state index in [1.54, 1.807) is 6.20 Å². The van der Waals surface area contributed by atoms with Crippen LogP contribution in [0.5, 0.6) is 0 Å². The molecule has 1 saturated heterocycles. The lowest BCUT2D eigenvalue weighted by molar-refractivity contribution is -0.133. The van der Waals surface area contributed by atoms with Gasteiger partial charge in [0.2, 0.25) is 0 Å². The smallest absolute Gasteiger partial charge is 0.124 e. The van der Waals surface area contributed by atoms with E-state index >= 15 is 0 Å². The molecule has 1 aromatic heterocycles. The minimum Gasteiger partial charge on any atom is -0.388 e. The average molecular weight is 279 g/mol. The number of rotatable bonds is 2. The lowest BCUT2D eigenvalue weighted by atomic mass is 9.98. The third-order valence-corrected chi connectivity index (χ3v) is 3.25. The van der Waals surface area contributed by atoms with Crippen LogP contribution in [0.4, 0.5) is 5.69 Å². The van der Waals surface area contributed by atoms with Crippen LogP contribution in [0.2, 0.25) is 0 Å². The van der Waals surface area contributed by atoms with Gasteiger partial charge in [-0.25, -0.2) is 0 Å². The molecule has 2 N–H and O–H groups in total. The van der Waals surface area contributed by atoms with Crippen LogP contribution in [0.25, 0.3) is 0 Å². The van der Waals surface area contributed by atoms with E-state index < -0.39 is 0 Å². The third kappa shape index (κ3) is 3.22. The molecule has 0 spiro atoms. The van der Waals surface area contributed by atoms with Crippen molar-refractivity contribution in [3.05, 3.63) is 24.0 Å². The Hall–Kier alpha value is -1.20. The van der Waals surface area contributed by atoms with Crippen molar-refractivity contribution in [3.63, 3.8) is 0 Å². The van der Waals surface area contributed by atoms with Crippen molar-refractivity contribution < 1.29 is 4.74 Å². The average Bonchev–Trinajstić information content (AvgIpc) is 2.24. The highest BCUT2D eigenvalue weighted by Crippen LogP contribution is 2.32. The van der Waals surface area contributed by atoms with Gasteiger partial charge in [0.1, 0.15) is 10.7 Å². The molecule has 0 bridgehead atoms. The second-order valence-electron chi connectivity index (χ2n) is 6.21. The van der Waals surface area contributed by atoms with Crippen molar-refractivity contribution >= 4 is 22.9 Å². The summed E-state index contributed by atoms with van der Waals surface area (Å²) >= 11 is 5.09. The summed E-state index contributed by atoms with van der Waals surface area (Å²) in [6, 6.07) is 3.92. The van der Waals surface area contributed by atoms with Crippen molar-refractivity contribution in [2.24, 2.45) is 5.73 Å². The fourth-order valence-corrected chi connectivity index (χ4v) is 2.96. The molecule has 0 amide bonds. The molecule has 1 aliphatic heterocycles. The first-order valence-electron chi connectivity index (χ1n) is 6.40. The second-order valence-corrected chi connectivity index (χ2v) is 6.65. The molecule has 1 aromatic rings. The summed E-state index contributed by atoms with van der Waals surface area (Å²) < 4.78 is 6.09. The number of nitrogens with zero attached hydrogens (tertiary/aromatic N) is 2. The minimum atomic E-state index is -0.217. The molecule has 4 nitrogen and oxygen atoms in total. The van der Waals surface area contributed by atoms with Gasteiger partial charge in [-0.2, -0.15) is 0 Å². The zero-order chi connectivity index (χ0) is 14.3. The first kappa shape index (κ1) is 14.2. The Labute approximate surface area is 120 Å². The van der Waals surface area contributed by atoms with Crippen molar-refractivity contribution in [2.45, 2.75) is 38.9 Å². The standard InChI is InChI=1S/C14H21N3OS/c1-13(2)8-17(9-14(3,4)18-13)10-6-5-7-16-11(10)12(15)19/h5-7H,8-9H2,1-4H3,(H2,15,19). The van der Waals surface area contributed by atoms with Gasteiger partial charge in [-0.15, -0.1) is 0 Å². The number of hydrogen-bond donors (Lipinski definition) is 1. The van der Waals surface area contributed by atoms with Gasteiger partial charge < -0.3 is 15.4 Å². The van der Waals surface area contributed by atoms with Crippen LogP contribution in [0.3, 0.4) is 0 Å². The van der Waals surface area contributed by atoms with E-state index in [4.69, 9.17) is 22.7 Å². The highest BCUT2D eigenvalue weighted by atomic mass is 32.1. The number of pyridine rings is 1. The van der Waals surface area contributed by atoms with Crippen LogP contribution in [0.1, 0.15) is 33.4 Å². The molecule has 2 heterocycles. The molecule has 0 saturated carbocycles. The van der Waals surface area contributed by atoms with Crippen molar-refractivity contribution in [2.75, 3.05) is 18.0 Å². The van der Waals surface area contributed by atoms with Crippen LogP contribution in [-0.2, 0) is 4.74 Å². The zero-order valence-corrected chi connectivity index (χ0v) is 12.8. The molecule has 0 aliphatic carbocycles. The molecular formula is C14H21N3OS. The maximum absolute atomic E-state index is 6.09. The number of nitrogens with two attached hydrogens (primary N) is 1. The molecule has 1 aliphatic rings. The Balaban J connectivity index is 2.39. The highest BCUT2D eigenvalue weighted by molar-refractivity contribution is 7.80. The van der Waals surface area contributed by atoms with E-state index in [0.29, 0.717) is 10.7 Å². The summed E-state index contributed by atoms with van der Waals surface area (Å²) in [6.07, 6.45) is 1.72. The summed E-state index contributed by atoms with van der Waals surface area (Å²) in [4.78, 5) is 6.89. The number of morpholine rings is 1. The number of aromatic nitrogens is 1. The largest absolute Gasteiger partial charge is 0.388 e. The molecule has 0 atom stereocenters. The van der Waals surface area contributed by atoms with E-state index in [-0.39, 0.29) is 11.2 Å². The summed E-state index contributed by atoms with van der Waals surface area (Å²) in [7, 11) is 0. The Morgan fingerprint density at radius 1 is 1.32 bits per heavy atom. The van der Waals surface area contributed by atoms with Crippen LogP contribution in [0.15, 0.2) is 18.3 Å². The van der Waals surface area contributed by atoms with E-state index in [1.165, 1.54) is 0 Å². The molecule has 1 fully saturated rings. The predicted molar refractivity (Wildman–Crippen MR) is 81.6 cm³/mol. The predicted octanol–water partition coefficient (Wildman–Crippen LogP) is 2.11. The quantitative estimate of drug-likeness (QED) is 0.840. The normalized spacial score (nSPS) is 21.2. The van der Waals surface area contributed by atoms with E-state index in [9.17, 15) is 0 Å². The first-order valence-corrected chi connectivity index (χ1v) is 6.81.